The first kappa shape index (κ1) is 13.3. The van der Waals surface area contributed by atoms with Gasteiger partial charge in [-0.1, -0.05) is 0 Å². The number of aldehydes is 1. The van der Waals surface area contributed by atoms with Crippen molar-refractivity contribution in [2.75, 3.05) is 20.2 Å². The molecule has 0 radical (unpaired) electrons. The lowest BCUT2D eigenvalue weighted by atomic mass is 10.2. The van der Waals surface area contributed by atoms with Crippen LogP contribution in [0.1, 0.15) is 8.35 Å². The highest BCUT2D eigenvalue weighted by Gasteiger charge is 1.98. The van der Waals surface area contributed by atoms with E-state index in [1.54, 1.807) is 6.26 Å². The van der Waals surface area contributed by atoms with Gasteiger partial charge in [0.15, 0.2) is 0 Å². The van der Waals surface area contributed by atoms with Gasteiger partial charge in [0, 0.05) is 19.4 Å². The van der Waals surface area contributed by atoms with Gasteiger partial charge in [0.2, 0.25) is 0 Å². The smallest absolute Gasteiger partial charge is 0.137 e. The molecule has 94 valence electrons. The van der Waals surface area contributed by atoms with E-state index in [0.29, 0.717) is 6.61 Å². The Bertz CT molecular complexity index is 456. The normalized spacial score (nSPS) is 9.53. The minimum atomic E-state index is 0. The molecule has 0 aliphatic rings. The number of carbonyl (C=O) groups is 1. The Morgan fingerprint density at radius 3 is 2.94 bits per heavy atom. The number of benzene rings is 1. The van der Waals surface area contributed by atoms with Crippen LogP contribution in [0.3, 0.4) is 0 Å². The van der Waals surface area contributed by atoms with Crippen LogP contribution in [0.4, 0.5) is 0 Å². The van der Waals surface area contributed by atoms with Crippen LogP contribution in [0.25, 0.3) is 11.0 Å². The summed E-state index contributed by atoms with van der Waals surface area (Å²) in [6.45, 7) is 2.96. The molecule has 1 aromatic carbocycles. The predicted molar refractivity (Wildman–Crippen MR) is 69.5 cm³/mol. The van der Waals surface area contributed by atoms with Crippen molar-refractivity contribution in [3.05, 3.63) is 30.5 Å². The van der Waals surface area contributed by atoms with Gasteiger partial charge in [0.05, 0.1) is 6.26 Å². The van der Waals surface area contributed by atoms with E-state index in [4.69, 9.17) is 13.9 Å². The van der Waals surface area contributed by atoms with E-state index in [0.717, 1.165) is 29.5 Å². The maximum Gasteiger partial charge on any atom is 0.137 e. The van der Waals surface area contributed by atoms with Gasteiger partial charge >= 0.3 is 0 Å². The van der Waals surface area contributed by atoms with E-state index in [1.807, 2.05) is 31.3 Å². The van der Waals surface area contributed by atoms with Gasteiger partial charge in [-0.2, -0.15) is 0 Å². The van der Waals surface area contributed by atoms with Crippen LogP contribution in [0, 0.1) is 0 Å². The molecule has 4 nitrogen and oxygen atoms in total. The standard InChI is InChI=1S/C11H13NO2.C2H4O.H2/c1-12-5-7-13-10-3-2-9-4-6-14-11(9)8-10;1-2-3;/h2-4,6,8,12H,5,7H2,1H3;2H,1H3;1H. The summed E-state index contributed by atoms with van der Waals surface area (Å²) in [7, 11) is 1.90. The second-order valence-electron chi connectivity index (χ2n) is 3.31. The molecule has 0 aliphatic heterocycles. The minimum absolute atomic E-state index is 0. The van der Waals surface area contributed by atoms with Gasteiger partial charge in [-0.05, 0) is 32.2 Å². The Hall–Kier alpha value is -1.81. The van der Waals surface area contributed by atoms with Gasteiger partial charge in [-0.25, -0.2) is 0 Å². The number of hydrogen-bond acceptors (Lipinski definition) is 4. The quantitative estimate of drug-likeness (QED) is 0.655. The fraction of sp³-hybridized carbons (Fsp3) is 0.308. The molecule has 1 heterocycles. The van der Waals surface area contributed by atoms with Crippen molar-refractivity contribution in [2.45, 2.75) is 6.92 Å². The van der Waals surface area contributed by atoms with Crippen molar-refractivity contribution < 1.29 is 15.4 Å². The van der Waals surface area contributed by atoms with Crippen molar-refractivity contribution >= 4 is 17.3 Å². The Kier molecular flexibility index (Phi) is 5.82. The molecule has 0 unspecified atom stereocenters. The molecule has 0 bridgehead atoms. The van der Waals surface area contributed by atoms with E-state index in [-0.39, 0.29) is 1.43 Å². The molecule has 4 heteroatoms. The molecule has 0 saturated carbocycles. The predicted octanol–water partition coefficient (Wildman–Crippen LogP) is 2.48. The van der Waals surface area contributed by atoms with Gasteiger partial charge in [0.25, 0.3) is 0 Å². The lowest BCUT2D eigenvalue weighted by molar-refractivity contribution is -0.106. The number of nitrogens with one attached hydrogen (secondary N) is 1. The summed E-state index contributed by atoms with van der Waals surface area (Å²) in [6, 6.07) is 7.79. The average molecular weight is 237 g/mol. The first-order chi connectivity index (χ1) is 8.31. The Balaban J connectivity index is 0.000000660. The number of rotatable bonds is 4. The van der Waals surface area contributed by atoms with Gasteiger partial charge < -0.3 is 19.3 Å². The third-order valence-electron chi connectivity index (χ3n) is 2.05. The molecule has 0 fully saturated rings. The highest BCUT2D eigenvalue weighted by molar-refractivity contribution is 5.78. The highest BCUT2D eigenvalue weighted by Crippen LogP contribution is 2.21. The molecule has 17 heavy (non-hydrogen) atoms. The second-order valence-corrected chi connectivity index (χ2v) is 3.31. The molecule has 1 aromatic heterocycles. The van der Waals surface area contributed by atoms with Crippen LogP contribution in [-0.4, -0.2) is 26.5 Å². The van der Waals surface area contributed by atoms with E-state index < -0.39 is 0 Å². The number of ether oxygens (including phenoxy) is 1. The molecular formula is C13H19NO3. The number of fused-ring (bicyclic) bond motifs is 1. The van der Waals surface area contributed by atoms with Crippen LogP contribution < -0.4 is 10.1 Å². The minimum Gasteiger partial charge on any atom is -0.492 e. The van der Waals surface area contributed by atoms with Crippen molar-refractivity contribution in [1.29, 1.82) is 0 Å². The third-order valence-corrected chi connectivity index (χ3v) is 2.05. The molecule has 1 N–H and O–H groups in total. The lowest BCUT2D eigenvalue weighted by Crippen LogP contribution is -2.15. The van der Waals surface area contributed by atoms with E-state index in [9.17, 15) is 0 Å². The third kappa shape index (κ3) is 4.28. The van der Waals surface area contributed by atoms with E-state index in [2.05, 4.69) is 5.32 Å². The van der Waals surface area contributed by atoms with Crippen molar-refractivity contribution in [2.24, 2.45) is 0 Å². The van der Waals surface area contributed by atoms with Crippen molar-refractivity contribution in [3.8, 4) is 5.75 Å². The zero-order valence-corrected chi connectivity index (χ0v) is 10.1. The van der Waals surface area contributed by atoms with Gasteiger partial charge in [0.1, 0.15) is 24.2 Å². The monoisotopic (exact) mass is 237 g/mol. The number of carbonyl (C=O) groups excluding carboxylic acids is 1. The summed E-state index contributed by atoms with van der Waals surface area (Å²) in [6.07, 6.45) is 2.43. The average Bonchev–Trinajstić information content (AvgIpc) is 2.78. The summed E-state index contributed by atoms with van der Waals surface area (Å²) in [5.41, 5.74) is 0.868. The lowest BCUT2D eigenvalue weighted by Gasteiger charge is -2.04. The molecular weight excluding hydrogens is 218 g/mol. The summed E-state index contributed by atoms with van der Waals surface area (Å²) in [5.74, 6) is 0.850. The SMILES string of the molecule is CC=O.CNCCOc1ccc2ccoc2c1.[HH]. The number of hydrogen-bond donors (Lipinski definition) is 1. The van der Waals surface area contributed by atoms with Gasteiger partial charge in [-0.15, -0.1) is 0 Å². The number of likely N-dealkylation sites (N-methyl/N-ethyl adjacent to an activating group) is 1. The Labute approximate surface area is 102 Å². The molecule has 0 amide bonds. The van der Waals surface area contributed by atoms with Crippen LogP contribution in [0.2, 0.25) is 0 Å². The zero-order chi connectivity index (χ0) is 12.5. The van der Waals surface area contributed by atoms with Crippen LogP contribution >= 0.6 is 0 Å². The zero-order valence-electron chi connectivity index (χ0n) is 10.1. The largest absolute Gasteiger partial charge is 0.492 e. The molecule has 0 aliphatic carbocycles. The van der Waals surface area contributed by atoms with Gasteiger partial charge in [-0.3, -0.25) is 0 Å². The van der Waals surface area contributed by atoms with Crippen molar-refractivity contribution in [1.82, 2.24) is 5.32 Å². The topological polar surface area (TPSA) is 51.5 Å². The summed E-state index contributed by atoms with van der Waals surface area (Å²) >= 11 is 0. The maximum atomic E-state index is 8.81. The summed E-state index contributed by atoms with van der Waals surface area (Å²) in [5, 5.41) is 4.12. The summed E-state index contributed by atoms with van der Waals surface area (Å²) in [4.78, 5) is 8.81. The first-order valence-corrected chi connectivity index (χ1v) is 5.46. The van der Waals surface area contributed by atoms with E-state index >= 15 is 0 Å². The van der Waals surface area contributed by atoms with E-state index in [1.165, 1.54) is 6.92 Å². The van der Waals surface area contributed by atoms with Crippen molar-refractivity contribution in [3.63, 3.8) is 0 Å². The fourth-order valence-electron chi connectivity index (χ4n) is 1.30. The Morgan fingerprint density at radius 2 is 2.24 bits per heavy atom. The second kappa shape index (κ2) is 7.46. The number of furan rings is 1. The summed E-state index contributed by atoms with van der Waals surface area (Å²) < 4.78 is 10.8. The van der Waals surface area contributed by atoms with Crippen LogP contribution in [0.15, 0.2) is 34.9 Å². The Morgan fingerprint density at radius 1 is 1.47 bits per heavy atom. The highest BCUT2D eigenvalue weighted by atomic mass is 16.5. The molecule has 2 rings (SSSR count). The molecule has 0 saturated heterocycles. The van der Waals surface area contributed by atoms with Crippen LogP contribution in [-0.2, 0) is 4.79 Å². The first-order valence-electron chi connectivity index (χ1n) is 5.46. The van der Waals surface area contributed by atoms with Crippen LogP contribution in [0.5, 0.6) is 5.75 Å². The molecule has 0 spiro atoms. The molecule has 0 atom stereocenters. The molecule has 2 aromatic rings. The fourth-order valence-corrected chi connectivity index (χ4v) is 1.30. The maximum absolute atomic E-state index is 8.81.